The van der Waals surface area contributed by atoms with E-state index < -0.39 is 0 Å². The third-order valence-electron chi connectivity index (χ3n) is 5.91. The van der Waals surface area contributed by atoms with Gasteiger partial charge in [0.05, 0.1) is 5.41 Å². The van der Waals surface area contributed by atoms with Crippen molar-refractivity contribution in [2.24, 2.45) is 5.92 Å². The Morgan fingerprint density at radius 1 is 0.667 bits per heavy atom. The minimum atomic E-state index is -0.217. The zero-order chi connectivity index (χ0) is 21.6. The van der Waals surface area contributed by atoms with Gasteiger partial charge in [0.2, 0.25) is 0 Å². The molecule has 0 saturated heterocycles. The van der Waals surface area contributed by atoms with Gasteiger partial charge in [0.1, 0.15) is 0 Å². The van der Waals surface area contributed by atoms with E-state index in [2.05, 4.69) is 104 Å². The van der Waals surface area contributed by atoms with Gasteiger partial charge in [-0.05, 0) is 45.7 Å². The van der Waals surface area contributed by atoms with Crippen LogP contribution in [0.1, 0.15) is 57.7 Å². The van der Waals surface area contributed by atoms with Gasteiger partial charge < -0.3 is 0 Å². The van der Waals surface area contributed by atoms with E-state index in [0.29, 0.717) is 5.92 Å². The first-order chi connectivity index (χ1) is 14.8. The zero-order valence-corrected chi connectivity index (χ0v) is 19.0. The molecule has 1 unspecified atom stereocenters. The van der Waals surface area contributed by atoms with Gasteiger partial charge in [-0.25, -0.2) is 0 Å². The van der Waals surface area contributed by atoms with Gasteiger partial charge >= 0.3 is 0 Å². The SMILES string of the molecule is CC.CC.CC1C=CC(C2(c3ccccc3)c3ccccc3-c3ccccc32)=CC1. The summed E-state index contributed by atoms with van der Waals surface area (Å²) in [4.78, 5) is 0. The second-order valence-corrected chi connectivity index (χ2v) is 7.44. The van der Waals surface area contributed by atoms with Gasteiger partial charge in [-0.3, -0.25) is 0 Å². The quantitative estimate of drug-likeness (QED) is 0.408. The molecule has 0 spiro atoms. The van der Waals surface area contributed by atoms with E-state index in [1.807, 2.05) is 27.7 Å². The van der Waals surface area contributed by atoms with Crippen LogP contribution >= 0.6 is 0 Å². The third kappa shape index (κ3) is 3.45. The molecule has 0 bridgehead atoms. The lowest BCUT2D eigenvalue weighted by Gasteiger charge is -2.36. The van der Waals surface area contributed by atoms with Crippen LogP contribution in [-0.2, 0) is 5.41 Å². The Morgan fingerprint density at radius 2 is 1.17 bits per heavy atom. The molecule has 30 heavy (non-hydrogen) atoms. The van der Waals surface area contributed by atoms with E-state index in [9.17, 15) is 0 Å². The van der Waals surface area contributed by atoms with Crippen LogP contribution in [0.15, 0.2) is 103 Å². The standard InChI is InChI=1S/C26H22.2C2H6/c1-19-15-17-21(18-16-19)26(20-9-3-2-4-10-20)24-13-7-5-11-22(24)23-12-6-8-14-25(23)26;2*1-2/h2-15,17-19H,16H2,1H3;2*1-2H3. The second kappa shape index (κ2) is 9.76. The molecule has 0 heterocycles. The van der Waals surface area contributed by atoms with E-state index in [4.69, 9.17) is 0 Å². The van der Waals surface area contributed by atoms with Crippen molar-refractivity contribution in [2.45, 2.75) is 46.5 Å². The van der Waals surface area contributed by atoms with Crippen molar-refractivity contribution in [3.63, 3.8) is 0 Å². The van der Waals surface area contributed by atoms with E-state index in [0.717, 1.165) is 6.42 Å². The summed E-state index contributed by atoms with van der Waals surface area (Å²) in [6.07, 6.45) is 8.28. The van der Waals surface area contributed by atoms with Gasteiger partial charge in [0, 0.05) is 0 Å². The lowest BCUT2D eigenvalue weighted by molar-refractivity contribution is 0.691. The normalized spacial score (nSPS) is 17.4. The lowest BCUT2D eigenvalue weighted by atomic mass is 9.66. The fourth-order valence-corrected chi connectivity index (χ4v) is 4.72. The monoisotopic (exact) mass is 394 g/mol. The molecular weight excluding hydrogens is 360 g/mol. The summed E-state index contributed by atoms with van der Waals surface area (Å²) in [7, 11) is 0. The Bertz CT molecular complexity index is 975. The van der Waals surface area contributed by atoms with Gasteiger partial charge in [0.25, 0.3) is 0 Å². The van der Waals surface area contributed by atoms with Crippen molar-refractivity contribution in [1.82, 2.24) is 0 Å². The van der Waals surface area contributed by atoms with Crippen LogP contribution in [0.2, 0.25) is 0 Å². The van der Waals surface area contributed by atoms with E-state index in [1.54, 1.807) is 0 Å². The molecule has 0 heteroatoms. The largest absolute Gasteiger partial charge is 0.0811 e. The fraction of sp³-hybridized carbons (Fsp3) is 0.267. The molecule has 154 valence electrons. The predicted octanol–water partition coefficient (Wildman–Crippen LogP) is 8.58. The maximum Gasteiger partial charge on any atom is 0.0710 e. The highest BCUT2D eigenvalue weighted by molar-refractivity contribution is 5.86. The third-order valence-corrected chi connectivity index (χ3v) is 5.91. The summed E-state index contributed by atoms with van der Waals surface area (Å²) in [5.41, 5.74) is 8.06. The molecule has 0 N–H and O–H groups in total. The molecule has 0 aliphatic heterocycles. The predicted molar refractivity (Wildman–Crippen MR) is 132 cm³/mol. The highest BCUT2D eigenvalue weighted by Crippen LogP contribution is 2.56. The number of hydrogen-bond acceptors (Lipinski definition) is 0. The number of fused-ring (bicyclic) bond motifs is 3. The maximum atomic E-state index is 2.45. The molecule has 1 atom stereocenters. The zero-order valence-electron chi connectivity index (χ0n) is 19.0. The van der Waals surface area contributed by atoms with Crippen LogP contribution in [0.5, 0.6) is 0 Å². The number of benzene rings is 3. The molecule has 0 aromatic heterocycles. The van der Waals surface area contributed by atoms with E-state index in [-0.39, 0.29) is 5.41 Å². The van der Waals surface area contributed by atoms with E-state index >= 15 is 0 Å². The lowest BCUT2D eigenvalue weighted by Crippen LogP contribution is -2.29. The molecule has 2 aliphatic rings. The first-order valence-corrected chi connectivity index (χ1v) is 11.5. The summed E-state index contributed by atoms with van der Waals surface area (Å²) in [5, 5.41) is 0. The van der Waals surface area contributed by atoms with Gasteiger partial charge in [0.15, 0.2) is 0 Å². The minimum absolute atomic E-state index is 0.217. The first-order valence-electron chi connectivity index (χ1n) is 11.5. The molecule has 0 fully saturated rings. The van der Waals surface area contributed by atoms with Crippen molar-refractivity contribution in [1.29, 1.82) is 0 Å². The van der Waals surface area contributed by atoms with E-state index in [1.165, 1.54) is 33.4 Å². The maximum absolute atomic E-state index is 2.45. The average molecular weight is 395 g/mol. The molecule has 3 aromatic rings. The molecular formula is C30H34. The molecule has 0 radical (unpaired) electrons. The first kappa shape index (κ1) is 21.8. The van der Waals surface area contributed by atoms with Gasteiger partial charge in [-0.15, -0.1) is 0 Å². The number of hydrogen-bond donors (Lipinski definition) is 0. The highest BCUT2D eigenvalue weighted by atomic mass is 14.5. The van der Waals surface area contributed by atoms with Crippen LogP contribution < -0.4 is 0 Å². The Labute approximate surface area is 183 Å². The number of rotatable bonds is 2. The molecule has 0 amide bonds. The van der Waals surface area contributed by atoms with Crippen molar-refractivity contribution >= 4 is 0 Å². The van der Waals surface area contributed by atoms with Crippen LogP contribution in [-0.4, -0.2) is 0 Å². The Hall–Kier alpha value is -2.86. The molecule has 2 aliphatic carbocycles. The molecule has 5 rings (SSSR count). The fourth-order valence-electron chi connectivity index (χ4n) is 4.72. The molecule has 0 nitrogen and oxygen atoms in total. The average Bonchev–Trinajstić information content (AvgIpc) is 3.14. The van der Waals surface area contributed by atoms with Crippen molar-refractivity contribution in [2.75, 3.05) is 0 Å². The molecule has 3 aromatic carbocycles. The summed E-state index contributed by atoms with van der Waals surface area (Å²) in [5.74, 6) is 0.610. The summed E-state index contributed by atoms with van der Waals surface area (Å²) in [6, 6.07) is 28.8. The van der Waals surface area contributed by atoms with Crippen LogP contribution in [0.25, 0.3) is 11.1 Å². The van der Waals surface area contributed by atoms with Crippen molar-refractivity contribution in [3.8, 4) is 11.1 Å². The van der Waals surface area contributed by atoms with Crippen LogP contribution in [0.3, 0.4) is 0 Å². The topological polar surface area (TPSA) is 0 Å². The summed E-state index contributed by atoms with van der Waals surface area (Å²) in [6.45, 7) is 10.3. The second-order valence-electron chi connectivity index (χ2n) is 7.44. The Morgan fingerprint density at radius 3 is 1.67 bits per heavy atom. The highest BCUT2D eigenvalue weighted by Gasteiger charge is 2.46. The van der Waals surface area contributed by atoms with Crippen molar-refractivity contribution in [3.05, 3.63) is 119 Å². The minimum Gasteiger partial charge on any atom is -0.0811 e. The van der Waals surface area contributed by atoms with Gasteiger partial charge in [-0.2, -0.15) is 0 Å². The molecule has 0 saturated carbocycles. The Kier molecular flexibility index (Phi) is 7.11. The summed E-state index contributed by atoms with van der Waals surface area (Å²) < 4.78 is 0. The van der Waals surface area contributed by atoms with Gasteiger partial charge in [-0.1, -0.05) is 132 Å². The van der Waals surface area contributed by atoms with Crippen LogP contribution in [0, 0.1) is 5.92 Å². The summed E-state index contributed by atoms with van der Waals surface area (Å²) >= 11 is 0. The Balaban J connectivity index is 0.000000606. The van der Waals surface area contributed by atoms with Crippen LogP contribution in [0.4, 0.5) is 0 Å². The smallest absolute Gasteiger partial charge is 0.0710 e. The van der Waals surface area contributed by atoms with Crippen molar-refractivity contribution < 1.29 is 0 Å². The number of allylic oxidation sites excluding steroid dienone is 4.